The molecule has 0 aliphatic heterocycles. The van der Waals surface area contributed by atoms with E-state index in [2.05, 4.69) is 31.6 Å². The first kappa shape index (κ1) is 16.4. The van der Waals surface area contributed by atoms with Crippen LogP contribution in [0.25, 0.3) is 5.69 Å². The number of rotatable bonds is 4. The van der Waals surface area contributed by atoms with Crippen LogP contribution >= 0.6 is 27.5 Å². The molecule has 5 nitrogen and oxygen atoms in total. The monoisotopic (exact) mass is 402 g/mol. The molecule has 0 aliphatic carbocycles. The fourth-order valence-electron chi connectivity index (χ4n) is 2.03. The van der Waals surface area contributed by atoms with Crippen molar-refractivity contribution in [1.29, 1.82) is 0 Å². The summed E-state index contributed by atoms with van der Waals surface area (Å²) in [5, 5.41) is 8.24. The zero-order valence-corrected chi connectivity index (χ0v) is 14.7. The molecule has 1 heterocycles. The van der Waals surface area contributed by atoms with Crippen LogP contribution in [-0.4, -0.2) is 16.0 Å². The van der Waals surface area contributed by atoms with Crippen LogP contribution in [-0.2, 0) is 0 Å². The summed E-state index contributed by atoms with van der Waals surface area (Å²) in [6, 6.07) is 16.7. The van der Waals surface area contributed by atoms with Crippen molar-refractivity contribution in [3.05, 3.63) is 86.2 Å². The van der Waals surface area contributed by atoms with E-state index >= 15 is 0 Å². The number of aromatic nitrogens is 2. The molecule has 0 unspecified atom stereocenters. The topological polar surface area (TPSA) is 59.3 Å². The maximum absolute atomic E-state index is 12.3. The van der Waals surface area contributed by atoms with Gasteiger partial charge in [0.2, 0.25) is 0 Å². The van der Waals surface area contributed by atoms with Crippen molar-refractivity contribution in [2.24, 2.45) is 5.10 Å². The number of anilines is 1. The fourth-order valence-corrected chi connectivity index (χ4v) is 2.62. The van der Waals surface area contributed by atoms with E-state index in [1.807, 2.05) is 42.5 Å². The summed E-state index contributed by atoms with van der Waals surface area (Å²) < 4.78 is 2.20. The van der Waals surface area contributed by atoms with Crippen LogP contribution in [0.2, 0.25) is 5.02 Å². The average Bonchev–Trinajstić information content (AvgIpc) is 2.60. The highest BCUT2D eigenvalue weighted by Gasteiger charge is 2.09. The van der Waals surface area contributed by atoms with E-state index in [-0.39, 0.29) is 5.02 Å². The Morgan fingerprint density at radius 2 is 1.96 bits per heavy atom. The molecule has 1 aromatic heterocycles. The molecular formula is C17H12BrClN4O. The summed E-state index contributed by atoms with van der Waals surface area (Å²) in [6.07, 6.45) is 3.10. The Balaban J connectivity index is 1.83. The van der Waals surface area contributed by atoms with Gasteiger partial charge in [0.15, 0.2) is 0 Å². The van der Waals surface area contributed by atoms with E-state index in [1.54, 1.807) is 18.3 Å². The molecule has 0 radical (unpaired) electrons. The quantitative estimate of drug-likeness (QED) is 0.527. The molecule has 0 atom stereocenters. The molecule has 0 amide bonds. The van der Waals surface area contributed by atoms with Gasteiger partial charge in [0.05, 0.1) is 18.1 Å². The number of hydrogen-bond acceptors (Lipinski definition) is 4. The summed E-state index contributed by atoms with van der Waals surface area (Å²) in [7, 11) is 0. The van der Waals surface area contributed by atoms with Gasteiger partial charge >= 0.3 is 0 Å². The number of hydrazone groups is 1. The molecule has 0 bridgehead atoms. The Morgan fingerprint density at radius 3 is 2.71 bits per heavy atom. The number of halogens is 2. The molecule has 0 fully saturated rings. The number of hydrogen-bond donors (Lipinski definition) is 1. The smallest absolute Gasteiger partial charge is 0.275 e. The van der Waals surface area contributed by atoms with Crippen molar-refractivity contribution >= 4 is 39.4 Å². The lowest BCUT2D eigenvalue weighted by atomic mass is 10.2. The van der Waals surface area contributed by atoms with Gasteiger partial charge in [-0.1, -0.05) is 57.9 Å². The number of nitrogens with zero attached hydrogens (tertiary/aromatic N) is 3. The van der Waals surface area contributed by atoms with Gasteiger partial charge < -0.3 is 0 Å². The Kier molecular flexibility index (Phi) is 5.08. The van der Waals surface area contributed by atoms with Gasteiger partial charge in [-0.15, -0.1) is 0 Å². The third kappa shape index (κ3) is 3.72. The zero-order valence-electron chi connectivity index (χ0n) is 12.4. The summed E-state index contributed by atoms with van der Waals surface area (Å²) >= 11 is 9.53. The molecule has 2 aromatic carbocycles. The van der Waals surface area contributed by atoms with Crippen molar-refractivity contribution < 1.29 is 0 Å². The van der Waals surface area contributed by atoms with E-state index in [1.165, 1.54) is 10.9 Å². The van der Waals surface area contributed by atoms with E-state index in [0.29, 0.717) is 11.4 Å². The second-order valence-corrected chi connectivity index (χ2v) is 6.14. The standard InChI is InChI=1S/C17H12BrClN4O/c18-13-6-4-5-12(9-13)10-20-22-15-11-21-23(17(24)16(15)19)14-7-2-1-3-8-14/h1-11,22H/b20-10-. The molecule has 0 aliphatic rings. The zero-order chi connectivity index (χ0) is 16.9. The molecule has 1 N–H and O–H groups in total. The van der Waals surface area contributed by atoms with Gasteiger partial charge in [-0.05, 0) is 29.8 Å². The van der Waals surface area contributed by atoms with Crippen LogP contribution in [0.3, 0.4) is 0 Å². The van der Waals surface area contributed by atoms with E-state index in [0.717, 1.165) is 10.0 Å². The van der Waals surface area contributed by atoms with Gasteiger partial charge in [-0.3, -0.25) is 10.2 Å². The Bertz CT molecular complexity index is 941. The predicted octanol–water partition coefficient (Wildman–Crippen LogP) is 4.09. The van der Waals surface area contributed by atoms with Crippen molar-refractivity contribution in [2.45, 2.75) is 0 Å². The molecular weight excluding hydrogens is 392 g/mol. The Hall–Kier alpha value is -2.44. The highest BCUT2D eigenvalue weighted by Crippen LogP contribution is 2.16. The van der Waals surface area contributed by atoms with Gasteiger partial charge in [0, 0.05) is 4.47 Å². The lowest BCUT2D eigenvalue weighted by Crippen LogP contribution is -2.22. The molecule has 24 heavy (non-hydrogen) atoms. The van der Waals surface area contributed by atoms with E-state index in [4.69, 9.17) is 11.6 Å². The van der Waals surface area contributed by atoms with Crippen molar-refractivity contribution in [2.75, 3.05) is 5.43 Å². The normalized spacial score (nSPS) is 10.9. The molecule has 3 rings (SSSR count). The number of nitrogens with one attached hydrogen (secondary N) is 1. The maximum Gasteiger partial charge on any atom is 0.292 e. The van der Waals surface area contributed by atoms with Gasteiger partial charge in [-0.2, -0.15) is 14.9 Å². The summed E-state index contributed by atoms with van der Waals surface area (Å²) in [6.45, 7) is 0. The molecule has 0 saturated carbocycles. The van der Waals surface area contributed by atoms with Crippen molar-refractivity contribution in [1.82, 2.24) is 9.78 Å². The van der Waals surface area contributed by atoms with Crippen molar-refractivity contribution in [3.63, 3.8) is 0 Å². The molecule has 0 saturated heterocycles. The predicted molar refractivity (Wildman–Crippen MR) is 100 cm³/mol. The van der Waals surface area contributed by atoms with Gasteiger partial charge in [-0.25, -0.2) is 0 Å². The van der Waals surface area contributed by atoms with Crippen LogP contribution < -0.4 is 11.0 Å². The Morgan fingerprint density at radius 1 is 1.17 bits per heavy atom. The average molecular weight is 404 g/mol. The van der Waals surface area contributed by atoms with Crippen LogP contribution in [0, 0.1) is 0 Å². The summed E-state index contributed by atoms with van der Waals surface area (Å²) in [4.78, 5) is 12.3. The first-order valence-corrected chi connectivity index (χ1v) is 8.20. The van der Waals surface area contributed by atoms with Crippen LogP contribution in [0.4, 0.5) is 5.69 Å². The first-order chi connectivity index (χ1) is 11.6. The molecule has 120 valence electrons. The lowest BCUT2D eigenvalue weighted by Gasteiger charge is -2.07. The SMILES string of the molecule is O=c1c(Cl)c(N/N=C\c2cccc(Br)c2)cnn1-c1ccccc1. The second kappa shape index (κ2) is 7.42. The first-order valence-electron chi connectivity index (χ1n) is 7.03. The van der Waals surface area contributed by atoms with Gasteiger partial charge in [0.25, 0.3) is 5.56 Å². The third-order valence-corrected chi connectivity index (χ3v) is 4.03. The third-order valence-electron chi connectivity index (χ3n) is 3.17. The number of para-hydroxylation sites is 1. The highest BCUT2D eigenvalue weighted by molar-refractivity contribution is 9.10. The minimum absolute atomic E-state index is 0.0280. The molecule has 0 spiro atoms. The minimum atomic E-state index is -0.412. The maximum atomic E-state index is 12.3. The highest BCUT2D eigenvalue weighted by atomic mass is 79.9. The second-order valence-electron chi connectivity index (χ2n) is 4.85. The van der Waals surface area contributed by atoms with Crippen LogP contribution in [0.5, 0.6) is 0 Å². The summed E-state index contributed by atoms with van der Waals surface area (Å²) in [5.41, 5.74) is 4.23. The Labute approximate surface area is 151 Å². The minimum Gasteiger partial charge on any atom is -0.275 e. The van der Waals surface area contributed by atoms with Crippen molar-refractivity contribution in [3.8, 4) is 5.69 Å². The lowest BCUT2D eigenvalue weighted by molar-refractivity contribution is 0.808. The van der Waals surface area contributed by atoms with Crippen LogP contribution in [0.1, 0.15) is 5.56 Å². The fraction of sp³-hybridized carbons (Fsp3) is 0. The molecule has 3 aromatic rings. The van der Waals surface area contributed by atoms with E-state index in [9.17, 15) is 4.79 Å². The number of benzene rings is 2. The largest absolute Gasteiger partial charge is 0.292 e. The summed E-state index contributed by atoms with van der Waals surface area (Å²) in [5.74, 6) is 0. The molecule has 7 heteroatoms. The van der Waals surface area contributed by atoms with Crippen LogP contribution in [0.15, 0.2) is 75.2 Å². The van der Waals surface area contributed by atoms with E-state index < -0.39 is 5.56 Å². The van der Waals surface area contributed by atoms with Gasteiger partial charge in [0.1, 0.15) is 10.7 Å².